The third-order valence-electron chi connectivity index (χ3n) is 2.33. The fraction of sp³-hybridized carbons (Fsp3) is 0.273. The maximum atomic E-state index is 14.1. The Morgan fingerprint density at radius 1 is 1.00 bits per heavy atom. The zero-order valence-corrected chi connectivity index (χ0v) is 15.8. The maximum absolute atomic E-state index is 14.1. The number of nitrogens with zero attached hydrogens (tertiary/aromatic N) is 2. The molecule has 0 atom stereocenters. The van der Waals surface area contributed by atoms with E-state index in [-0.39, 0.29) is 21.6 Å². The summed E-state index contributed by atoms with van der Waals surface area (Å²) in [7, 11) is 0. The summed E-state index contributed by atoms with van der Waals surface area (Å²) in [5.74, 6) is 0. The first-order chi connectivity index (χ1) is 10.6. The highest BCUT2D eigenvalue weighted by molar-refractivity contribution is 8.16. The predicted octanol–water partition coefficient (Wildman–Crippen LogP) is 6.61. The van der Waals surface area contributed by atoms with E-state index >= 15 is 0 Å². The predicted molar refractivity (Wildman–Crippen MR) is 95.3 cm³/mol. The molecule has 0 aliphatic carbocycles. The number of thioether (sulfide) groups is 2. The summed E-state index contributed by atoms with van der Waals surface area (Å²) in [6.07, 6.45) is 0. The number of rotatable bonds is 4. The Bertz CT molecular complexity index is 595. The molecule has 0 saturated heterocycles. The lowest BCUT2D eigenvalue weighted by molar-refractivity contribution is 0.254. The molecule has 0 unspecified atom stereocenters. The third kappa shape index (κ3) is 6.36. The highest BCUT2D eigenvalue weighted by Crippen LogP contribution is 2.33. The van der Waals surface area contributed by atoms with Crippen LogP contribution in [-0.4, -0.2) is 18.8 Å². The van der Waals surface area contributed by atoms with E-state index in [4.69, 9.17) is 46.4 Å². The number of amides is 2. The maximum Gasteiger partial charge on any atom is 0.316 e. The summed E-state index contributed by atoms with van der Waals surface area (Å²) in [5, 5.41) is -2.68. The topological polar surface area (TPSA) is 40.6 Å². The van der Waals surface area contributed by atoms with Gasteiger partial charge < -0.3 is 0 Å². The van der Waals surface area contributed by atoms with Crippen LogP contribution in [0.5, 0.6) is 0 Å². The Kier molecular flexibility index (Phi) is 8.54. The van der Waals surface area contributed by atoms with E-state index in [0.717, 1.165) is 6.07 Å². The minimum atomic E-state index is -1.16. The minimum absolute atomic E-state index is 0.237. The molecule has 0 heterocycles. The van der Waals surface area contributed by atoms with Gasteiger partial charge in [0.05, 0.1) is 11.4 Å². The number of benzene rings is 1. The molecular weight excluding hydrogens is 436 g/mol. The molecule has 0 aromatic heterocycles. The van der Waals surface area contributed by atoms with Crippen LogP contribution in [0.1, 0.15) is 5.56 Å². The van der Waals surface area contributed by atoms with E-state index in [1.165, 1.54) is 19.1 Å². The quantitative estimate of drug-likeness (QED) is 0.388. The van der Waals surface area contributed by atoms with Gasteiger partial charge >= 0.3 is 10.5 Å². The van der Waals surface area contributed by atoms with Crippen molar-refractivity contribution in [1.82, 2.24) is 0 Å². The molecule has 12 heteroatoms. The number of alkyl halides is 4. The van der Waals surface area contributed by atoms with Gasteiger partial charge in [0.2, 0.25) is 0 Å². The molecule has 23 heavy (non-hydrogen) atoms. The first-order valence-electron chi connectivity index (χ1n) is 5.63. The van der Waals surface area contributed by atoms with Crippen molar-refractivity contribution in [2.24, 2.45) is 0 Å². The van der Waals surface area contributed by atoms with Gasteiger partial charge in [-0.3, -0.25) is 9.59 Å². The monoisotopic (exact) mass is 442 g/mol. The summed E-state index contributed by atoms with van der Waals surface area (Å²) < 4.78 is 25.7. The number of hydrogen-bond acceptors (Lipinski definition) is 4. The average molecular weight is 444 g/mol. The Labute approximate surface area is 159 Å². The molecule has 1 aromatic rings. The number of carbonyl (C=O) groups excluding carboxylic acids is 2. The Hall–Kier alpha value is -0.120. The lowest BCUT2D eigenvalue weighted by atomic mass is 10.2. The summed E-state index contributed by atoms with van der Waals surface area (Å²) >= 11 is 22.2. The lowest BCUT2D eigenvalue weighted by Crippen LogP contribution is -2.21. The second kappa shape index (κ2) is 9.39. The number of carbonyl (C=O) groups is 2. The molecule has 0 N–H and O–H groups in total. The fourth-order valence-corrected chi connectivity index (χ4v) is 2.99. The molecule has 0 aliphatic rings. The number of hydrogen-bond donors (Lipinski definition) is 0. The van der Waals surface area contributed by atoms with E-state index in [2.05, 4.69) is 0 Å². The lowest BCUT2D eigenvalue weighted by Gasteiger charge is -2.17. The molecule has 0 fully saturated rings. The first kappa shape index (κ1) is 20.9. The van der Waals surface area contributed by atoms with Gasteiger partial charge in [-0.15, -0.1) is 10.2 Å². The number of anilines is 2. The van der Waals surface area contributed by atoms with Gasteiger partial charge in [0.25, 0.3) is 0 Å². The van der Waals surface area contributed by atoms with Gasteiger partial charge in [0.15, 0.2) is 8.34 Å². The van der Waals surface area contributed by atoms with Gasteiger partial charge in [-0.2, -0.15) is 0 Å². The van der Waals surface area contributed by atoms with Crippen LogP contribution in [0, 0.1) is 6.92 Å². The number of halogens is 6. The highest BCUT2D eigenvalue weighted by Gasteiger charge is 2.24. The Morgan fingerprint density at radius 2 is 1.48 bits per heavy atom. The van der Waals surface area contributed by atoms with E-state index < -0.39 is 18.8 Å². The van der Waals surface area contributed by atoms with Crippen molar-refractivity contribution in [2.45, 2.75) is 15.3 Å². The molecule has 2 amide bonds. The fourth-order valence-electron chi connectivity index (χ4n) is 1.38. The summed E-state index contributed by atoms with van der Waals surface area (Å²) in [6.45, 7) is 1.50. The Balaban J connectivity index is 3.03. The van der Waals surface area contributed by atoms with Crippen LogP contribution < -0.4 is 10.2 Å². The zero-order valence-electron chi connectivity index (χ0n) is 11.2. The van der Waals surface area contributed by atoms with E-state index in [9.17, 15) is 18.6 Å². The van der Waals surface area contributed by atoms with Crippen LogP contribution >= 0.6 is 69.9 Å². The number of aryl methyl sites for hydroxylation is 1. The van der Waals surface area contributed by atoms with Crippen molar-refractivity contribution < 1.29 is 18.6 Å². The highest BCUT2D eigenvalue weighted by atomic mass is 35.5. The van der Waals surface area contributed by atoms with Crippen molar-refractivity contribution >= 4 is 91.8 Å². The zero-order chi connectivity index (χ0) is 17.7. The van der Waals surface area contributed by atoms with Crippen LogP contribution in [0.2, 0.25) is 0 Å². The molecule has 0 saturated carbocycles. The van der Waals surface area contributed by atoms with Crippen LogP contribution in [0.4, 0.5) is 29.9 Å². The van der Waals surface area contributed by atoms with Crippen molar-refractivity contribution in [3.8, 4) is 0 Å². The van der Waals surface area contributed by atoms with Crippen LogP contribution in [-0.2, 0) is 0 Å². The third-order valence-corrected chi connectivity index (χ3v) is 4.48. The van der Waals surface area contributed by atoms with E-state index in [0.29, 0.717) is 29.1 Å². The van der Waals surface area contributed by atoms with Crippen molar-refractivity contribution in [3.63, 3.8) is 0 Å². The summed E-state index contributed by atoms with van der Waals surface area (Å²) in [4.78, 5) is 23.1. The smallest absolute Gasteiger partial charge is 0.259 e. The van der Waals surface area contributed by atoms with Crippen LogP contribution in [0.25, 0.3) is 0 Å². The van der Waals surface area contributed by atoms with E-state index in [1.54, 1.807) is 0 Å². The van der Waals surface area contributed by atoms with Crippen LogP contribution in [0.3, 0.4) is 0 Å². The molecule has 128 valence electrons. The standard InChI is InChI=1S/C11H8Cl4F2N2O2S2/c1-5-2-3-6(18(16)10(20)22-8(12)13)4-7(5)19(17)11(21)23-9(14)15/h2-4,8-9H,1H3. The average Bonchev–Trinajstić information content (AvgIpc) is 2.44. The molecule has 0 bridgehead atoms. The second-order valence-corrected chi connectivity index (χ2v) is 9.16. The summed E-state index contributed by atoms with van der Waals surface area (Å²) in [5.41, 5.74) is -0.236. The van der Waals surface area contributed by atoms with E-state index in [1.807, 2.05) is 0 Å². The normalized spacial score (nSPS) is 11.0. The molecule has 0 radical (unpaired) electrons. The van der Waals surface area contributed by atoms with Crippen LogP contribution in [0.15, 0.2) is 18.2 Å². The van der Waals surface area contributed by atoms with Crippen molar-refractivity contribution in [3.05, 3.63) is 23.8 Å². The largest absolute Gasteiger partial charge is 0.316 e. The first-order valence-corrected chi connectivity index (χ1v) is 9.14. The molecule has 1 rings (SSSR count). The Morgan fingerprint density at radius 3 is 1.96 bits per heavy atom. The van der Waals surface area contributed by atoms with Crippen molar-refractivity contribution in [1.29, 1.82) is 0 Å². The van der Waals surface area contributed by atoms with Crippen molar-refractivity contribution in [2.75, 3.05) is 10.2 Å². The van der Waals surface area contributed by atoms with Gasteiger partial charge in [-0.05, 0) is 48.1 Å². The second-order valence-electron chi connectivity index (χ2n) is 3.82. The van der Waals surface area contributed by atoms with Gasteiger partial charge in [0, 0.05) is 0 Å². The van der Waals surface area contributed by atoms with Gasteiger partial charge in [0.1, 0.15) is 0 Å². The minimum Gasteiger partial charge on any atom is -0.259 e. The molecule has 0 spiro atoms. The molecule has 4 nitrogen and oxygen atoms in total. The summed E-state index contributed by atoms with van der Waals surface area (Å²) in [6, 6.07) is 3.53. The molecule has 0 aliphatic heterocycles. The SMILES string of the molecule is Cc1ccc(N(F)C(=O)SC(Cl)Cl)cc1N(F)C(=O)SC(Cl)Cl. The molecular formula is C11H8Cl4F2N2O2S2. The van der Waals surface area contributed by atoms with Gasteiger partial charge in [-0.1, -0.05) is 61.4 Å². The molecule has 1 aromatic carbocycles. The van der Waals surface area contributed by atoms with Gasteiger partial charge in [-0.25, -0.2) is 0 Å².